The minimum Gasteiger partial charge on any atom is -0.454 e. The van der Waals surface area contributed by atoms with Gasteiger partial charge in [-0.15, -0.1) is 0 Å². The minimum atomic E-state index is -0.689. The molecule has 26 heavy (non-hydrogen) atoms. The maximum absolute atomic E-state index is 11.9. The third kappa shape index (κ3) is 6.50. The van der Waals surface area contributed by atoms with Gasteiger partial charge >= 0.3 is 5.97 Å². The Hall–Kier alpha value is -1.79. The van der Waals surface area contributed by atoms with Crippen LogP contribution in [0.2, 0.25) is 10.0 Å². The molecule has 2 amide bonds. The molecular formula is C18H22Cl2N2O4. The number of amides is 2. The second kappa shape index (κ2) is 9.78. The molecule has 1 fully saturated rings. The van der Waals surface area contributed by atoms with Crippen LogP contribution in [0, 0.1) is 5.92 Å². The Morgan fingerprint density at radius 2 is 1.81 bits per heavy atom. The second-order valence-corrected chi connectivity index (χ2v) is 7.31. The fourth-order valence-corrected chi connectivity index (χ4v) is 3.06. The molecule has 0 radical (unpaired) electrons. The number of hydrogen-bond acceptors (Lipinski definition) is 4. The number of rotatable bonds is 6. The van der Waals surface area contributed by atoms with Crippen molar-refractivity contribution in [1.29, 1.82) is 0 Å². The van der Waals surface area contributed by atoms with Crippen molar-refractivity contribution in [1.82, 2.24) is 10.6 Å². The van der Waals surface area contributed by atoms with E-state index < -0.39 is 11.9 Å². The number of ether oxygens (including phenoxy) is 1. The molecule has 2 N–H and O–H groups in total. The zero-order valence-electron chi connectivity index (χ0n) is 14.5. The Labute approximate surface area is 162 Å². The Balaban J connectivity index is 1.67. The highest BCUT2D eigenvalue weighted by Crippen LogP contribution is 2.23. The van der Waals surface area contributed by atoms with Crippen LogP contribution in [0.3, 0.4) is 0 Å². The van der Waals surface area contributed by atoms with Gasteiger partial charge in [0.1, 0.15) is 6.54 Å². The molecule has 2 rings (SSSR count). The molecule has 0 aromatic heterocycles. The highest BCUT2D eigenvalue weighted by atomic mass is 35.5. The third-order valence-corrected chi connectivity index (χ3v) is 5.06. The van der Waals surface area contributed by atoms with E-state index in [1.165, 1.54) is 18.2 Å². The normalized spacial score (nSPS) is 19.5. The van der Waals surface area contributed by atoms with Gasteiger partial charge in [-0.25, -0.2) is 0 Å². The third-order valence-electron chi connectivity index (χ3n) is 4.32. The lowest BCUT2D eigenvalue weighted by Crippen LogP contribution is -2.40. The Kier molecular flexibility index (Phi) is 7.72. The SMILES string of the molecule is CC1CCC(NC(=O)COC(=O)CNC(=O)c2ccc(Cl)c(Cl)c2)CC1. The van der Waals surface area contributed by atoms with Crippen LogP contribution < -0.4 is 10.6 Å². The molecule has 0 heterocycles. The summed E-state index contributed by atoms with van der Waals surface area (Å²) in [5.41, 5.74) is 0.275. The highest BCUT2D eigenvalue weighted by molar-refractivity contribution is 6.42. The molecule has 6 nitrogen and oxygen atoms in total. The van der Waals surface area contributed by atoms with Crippen molar-refractivity contribution in [2.75, 3.05) is 13.2 Å². The Morgan fingerprint density at radius 1 is 1.12 bits per heavy atom. The summed E-state index contributed by atoms with van der Waals surface area (Å²) in [6, 6.07) is 4.54. The van der Waals surface area contributed by atoms with Gasteiger partial charge < -0.3 is 15.4 Å². The molecule has 8 heteroatoms. The number of nitrogens with one attached hydrogen (secondary N) is 2. The molecule has 0 unspecified atom stereocenters. The van der Waals surface area contributed by atoms with Crippen molar-refractivity contribution >= 4 is 41.0 Å². The molecule has 0 atom stereocenters. The monoisotopic (exact) mass is 400 g/mol. The summed E-state index contributed by atoms with van der Waals surface area (Å²) >= 11 is 11.6. The number of esters is 1. The molecule has 1 saturated carbocycles. The molecule has 142 valence electrons. The van der Waals surface area contributed by atoms with Gasteiger partial charge in [0.25, 0.3) is 11.8 Å². The van der Waals surface area contributed by atoms with Crippen molar-refractivity contribution in [3.05, 3.63) is 33.8 Å². The molecular weight excluding hydrogens is 379 g/mol. The van der Waals surface area contributed by atoms with Gasteiger partial charge in [-0.05, 0) is 49.8 Å². The van der Waals surface area contributed by atoms with Crippen LogP contribution in [0.4, 0.5) is 0 Å². The average molecular weight is 401 g/mol. The minimum absolute atomic E-state index is 0.145. The number of hydrogen-bond donors (Lipinski definition) is 2. The molecule has 0 spiro atoms. The maximum Gasteiger partial charge on any atom is 0.325 e. The van der Waals surface area contributed by atoms with Gasteiger partial charge in [0.15, 0.2) is 6.61 Å². The molecule has 0 saturated heterocycles. The average Bonchev–Trinajstić information content (AvgIpc) is 2.62. The van der Waals surface area contributed by atoms with Crippen molar-refractivity contribution in [3.63, 3.8) is 0 Å². The van der Waals surface area contributed by atoms with Gasteiger partial charge in [-0.3, -0.25) is 14.4 Å². The van der Waals surface area contributed by atoms with Gasteiger partial charge in [-0.2, -0.15) is 0 Å². The number of benzene rings is 1. The number of carbonyl (C=O) groups excluding carboxylic acids is 3. The molecule has 0 bridgehead atoms. The fraction of sp³-hybridized carbons (Fsp3) is 0.500. The zero-order chi connectivity index (χ0) is 19.1. The summed E-state index contributed by atoms with van der Waals surface area (Å²) in [7, 11) is 0. The molecule has 1 aromatic carbocycles. The van der Waals surface area contributed by atoms with Crippen LogP contribution in [0.5, 0.6) is 0 Å². The van der Waals surface area contributed by atoms with E-state index in [1.807, 2.05) is 0 Å². The van der Waals surface area contributed by atoms with Crippen LogP contribution in [0.15, 0.2) is 18.2 Å². The summed E-state index contributed by atoms with van der Waals surface area (Å²) in [6.45, 7) is 1.51. The number of halogens is 2. The summed E-state index contributed by atoms with van der Waals surface area (Å²) < 4.78 is 4.88. The topological polar surface area (TPSA) is 84.5 Å². The summed E-state index contributed by atoms with van der Waals surface area (Å²) in [6.07, 6.45) is 4.07. The van der Waals surface area contributed by atoms with E-state index in [-0.39, 0.29) is 35.7 Å². The first kappa shape index (κ1) is 20.5. The van der Waals surface area contributed by atoms with E-state index in [9.17, 15) is 14.4 Å². The van der Waals surface area contributed by atoms with Crippen molar-refractivity contribution in [2.24, 2.45) is 5.92 Å². The quantitative estimate of drug-likeness (QED) is 0.718. The smallest absolute Gasteiger partial charge is 0.325 e. The fourth-order valence-electron chi connectivity index (χ4n) is 2.76. The van der Waals surface area contributed by atoms with Crippen LogP contribution in [-0.4, -0.2) is 37.0 Å². The summed E-state index contributed by atoms with van der Waals surface area (Å²) in [5, 5.41) is 5.86. The van der Waals surface area contributed by atoms with Gasteiger partial charge in [-0.1, -0.05) is 30.1 Å². The van der Waals surface area contributed by atoms with E-state index in [2.05, 4.69) is 17.6 Å². The lowest BCUT2D eigenvalue weighted by molar-refractivity contribution is -0.147. The van der Waals surface area contributed by atoms with E-state index in [0.29, 0.717) is 10.9 Å². The first-order valence-corrected chi connectivity index (χ1v) is 9.29. The van der Waals surface area contributed by atoms with E-state index >= 15 is 0 Å². The van der Waals surface area contributed by atoms with Crippen LogP contribution >= 0.6 is 23.2 Å². The molecule has 1 aliphatic rings. The van der Waals surface area contributed by atoms with Crippen LogP contribution in [-0.2, 0) is 14.3 Å². The van der Waals surface area contributed by atoms with Crippen molar-refractivity contribution < 1.29 is 19.1 Å². The van der Waals surface area contributed by atoms with Gasteiger partial charge in [0, 0.05) is 11.6 Å². The highest BCUT2D eigenvalue weighted by Gasteiger charge is 2.20. The molecule has 1 aromatic rings. The van der Waals surface area contributed by atoms with Crippen molar-refractivity contribution in [2.45, 2.75) is 38.6 Å². The van der Waals surface area contributed by atoms with E-state index in [4.69, 9.17) is 27.9 Å². The zero-order valence-corrected chi connectivity index (χ0v) is 16.0. The van der Waals surface area contributed by atoms with Crippen LogP contribution in [0.1, 0.15) is 43.0 Å². The summed E-state index contributed by atoms with van der Waals surface area (Å²) in [4.78, 5) is 35.4. The Morgan fingerprint density at radius 3 is 2.46 bits per heavy atom. The number of carbonyl (C=O) groups is 3. The first-order valence-electron chi connectivity index (χ1n) is 8.53. The predicted molar refractivity (Wildman–Crippen MR) is 99.3 cm³/mol. The lowest BCUT2D eigenvalue weighted by Gasteiger charge is -2.26. The largest absolute Gasteiger partial charge is 0.454 e. The van der Waals surface area contributed by atoms with E-state index in [1.54, 1.807) is 0 Å². The first-order chi connectivity index (χ1) is 12.3. The Bertz CT molecular complexity index is 673. The van der Waals surface area contributed by atoms with Gasteiger partial charge in [0.2, 0.25) is 0 Å². The molecule has 1 aliphatic carbocycles. The summed E-state index contributed by atoms with van der Waals surface area (Å²) in [5.74, 6) is -0.805. The van der Waals surface area contributed by atoms with Crippen molar-refractivity contribution in [3.8, 4) is 0 Å². The van der Waals surface area contributed by atoms with Gasteiger partial charge in [0.05, 0.1) is 10.0 Å². The standard InChI is InChI=1S/C18H22Cl2N2O4/c1-11-2-5-13(6-3-11)22-16(23)10-26-17(24)9-21-18(25)12-4-7-14(19)15(20)8-12/h4,7-8,11,13H,2-3,5-6,9-10H2,1H3,(H,21,25)(H,22,23). The maximum atomic E-state index is 11.9. The molecule has 0 aliphatic heterocycles. The van der Waals surface area contributed by atoms with E-state index in [0.717, 1.165) is 25.7 Å². The second-order valence-electron chi connectivity index (χ2n) is 6.50. The van der Waals surface area contributed by atoms with Crippen LogP contribution in [0.25, 0.3) is 0 Å². The lowest BCUT2D eigenvalue weighted by atomic mass is 9.87. The predicted octanol–water partition coefficient (Wildman–Crippen LogP) is 2.96.